The van der Waals surface area contributed by atoms with Gasteiger partial charge in [0.1, 0.15) is 0 Å². The van der Waals surface area contributed by atoms with Crippen LogP contribution in [0, 0.1) is 11.3 Å². The fourth-order valence-electron chi connectivity index (χ4n) is 8.21. The van der Waals surface area contributed by atoms with E-state index in [4.69, 9.17) is 0 Å². The smallest absolute Gasteiger partial charge is 0.247 e. The van der Waals surface area contributed by atoms with Crippen LogP contribution < -0.4 is 16.4 Å². The summed E-state index contributed by atoms with van der Waals surface area (Å²) in [5.74, 6) is 0. The third-order valence-electron chi connectivity index (χ3n) is 10.3. The average Bonchev–Trinajstić information content (AvgIpc) is 3.67. The molecule has 4 heterocycles. The van der Waals surface area contributed by atoms with Crippen molar-refractivity contribution in [3.05, 3.63) is 151 Å². The van der Waals surface area contributed by atoms with Gasteiger partial charge in [-0.15, -0.1) is 0 Å². The van der Waals surface area contributed by atoms with E-state index in [0.29, 0.717) is 5.56 Å². The predicted octanol–water partition coefficient (Wildman–Crippen LogP) is 9.20. The first-order chi connectivity index (χ1) is 24.2. The first kappa shape index (κ1) is 27.4. The van der Waals surface area contributed by atoms with Gasteiger partial charge in [-0.25, -0.2) is 0 Å². The summed E-state index contributed by atoms with van der Waals surface area (Å²) in [6.45, 7) is 0.0876. The number of hydrogen-bond acceptors (Lipinski definition) is 3. The lowest BCUT2D eigenvalue weighted by Crippen LogP contribution is -2.58. The summed E-state index contributed by atoms with van der Waals surface area (Å²) >= 11 is 3.60. The summed E-state index contributed by atoms with van der Waals surface area (Å²) in [6.07, 6.45) is 0. The van der Waals surface area contributed by atoms with E-state index >= 15 is 0 Å². The Morgan fingerprint density at radius 1 is 0.449 bits per heavy atom. The minimum absolute atomic E-state index is 0.0876. The van der Waals surface area contributed by atoms with Crippen LogP contribution in [0.2, 0.25) is 0 Å². The van der Waals surface area contributed by atoms with E-state index in [1.807, 2.05) is 0 Å². The first-order valence-electron chi connectivity index (χ1n) is 16.4. The average molecular weight is 658 g/mol. The van der Waals surface area contributed by atoms with E-state index < -0.39 is 0 Å². The lowest BCUT2D eigenvalue weighted by atomic mass is 9.36. The standard InChI is InChI=1S/C43H24BN3S2/c45-25-26-21-41-43-42(22-26)49-40-24-28(47-37-15-7-3-11-31(37)32-12-4-8-16-38(32)47)18-20-34(40)44(43)33-19-17-27(23-39(33)48-41)46-35-13-5-1-9-29(35)30-10-2-6-14-36(30)46/h1-24H. The zero-order valence-electron chi connectivity index (χ0n) is 26.1. The number of nitrogens with zero attached hydrogens (tertiary/aromatic N) is 3. The molecule has 0 unspecified atom stereocenters. The van der Waals surface area contributed by atoms with Gasteiger partial charge in [-0.05, 0) is 66.1 Å². The van der Waals surface area contributed by atoms with Gasteiger partial charge < -0.3 is 9.13 Å². The molecule has 49 heavy (non-hydrogen) atoms. The van der Waals surface area contributed by atoms with Crippen molar-refractivity contribution in [1.82, 2.24) is 9.13 Å². The summed E-state index contributed by atoms with van der Waals surface area (Å²) in [5.41, 5.74) is 11.8. The molecule has 0 saturated heterocycles. The number of hydrogen-bond donors (Lipinski definition) is 0. The molecule has 0 fully saturated rings. The molecular formula is C43H24BN3S2. The van der Waals surface area contributed by atoms with Crippen molar-refractivity contribution in [3.8, 4) is 17.4 Å². The third kappa shape index (κ3) is 3.83. The van der Waals surface area contributed by atoms with Gasteiger partial charge in [0, 0.05) is 52.5 Å². The van der Waals surface area contributed by atoms with Crippen molar-refractivity contribution in [1.29, 1.82) is 5.26 Å². The molecule has 0 N–H and O–H groups in total. The Kier molecular flexibility index (Phi) is 5.69. The third-order valence-corrected chi connectivity index (χ3v) is 12.5. The Balaban J connectivity index is 1.12. The molecule has 226 valence electrons. The van der Waals surface area contributed by atoms with Crippen LogP contribution in [0.4, 0.5) is 0 Å². The van der Waals surface area contributed by atoms with E-state index in [1.165, 1.54) is 79.6 Å². The van der Waals surface area contributed by atoms with Crippen molar-refractivity contribution < 1.29 is 0 Å². The van der Waals surface area contributed by atoms with Gasteiger partial charge in [0.25, 0.3) is 0 Å². The van der Waals surface area contributed by atoms with Gasteiger partial charge in [0.15, 0.2) is 0 Å². The van der Waals surface area contributed by atoms with E-state index in [1.54, 1.807) is 23.5 Å². The minimum atomic E-state index is 0.0876. The number of fused-ring (bicyclic) bond motifs is 10. The molecule has 0 radical (unpaired) electrons. The van der Waals surface area contributed by atoms with Gasteiger partial charge in [0.05, 0.1) is 33.7 Å². The van der Waals surface area contributed by atoms with E-state index in [2.05, 4.69) is 161 Å². The molecule has 9 aromatic rings. The molecule has 6 heteroatoms. The maximum Gasteiger partial charge on any atom is 0.247 e. The van der Waals surface area contributed by atoms with Crippen LogP contribution >= 0.6 is 23.5 Å². The number of benzene rings is 7. The van der Waals surface area contributed by atoms with Crippen LogP contribution in [0.5, 0.6) is 0 Å². The molecule has 2 aromatic heterocycles. The Labute approximate surface area is 291 Å². The molecule has 11 rings (SSSR count). The lowest BCUT2D eigenvalue weighted by Gasteiger charge is -2.33. The topological polar surface area (TPSA) is 33.6 Å². The van der Waals surface area contributed by atoms with Crippen molar-refractivity contribution >= 4 is 90.2 Å². The molecule has 0 amide bonds. The maximum atomic E-state index is 10.1. The highest BCUT2D eigenvalue weighted by Gasteiger charge is 2.39. The molecular weight excluding hydrogens is 633 g/mol. The van der Waals surface area contributed by atoms with Gasteiger partial charge in [-0.3, -0.25) is 0 Å². The zero-order valence-corrected chi connectivity index (χ0v) is 27.7. The summed E-state index contributed by atoms with van der Waals surface area (Å²) < 4.78 is 4.78. The van der Waals surface area contributed by atoms with E-state index in [0.717, 1.165) is 11.4 Å². The second-order valence-corrected chi connectivity index (χ2v) is 15.0. The quantitative estimate of drug-likeness (QED) is 0.174. The molecule has 0 aliphatic carbocycles. The molecule has 0 saturated carbocycles. The normalized spacial score (nSPS) is 13.1. The van der Waals surface area contributed by atoms with Gasteiger partial charge >= 0.3 is 0 Å². The van der Waals surface area contributed by atoms with Gasteiger partial charge in [-0.2, -0.15) is 5.26 Å². The molecule has 0 atom stereocenters. The highest BCUT2D eigenvalue weighted by Crippen LogP contribution is 2.42. The van der Waals surface area contributed by atoms with Crippen LogP contribution in [0.3, 0.4) is 0 Å². The molecule has 2 aliphatic heterocycles. The number of rotatable bonds is 2. The van der Waals surface area contributed by atoms with E-state index in [9.17, 15) is 5.26 Å². The Morgan fingerprint density at radius 2 is 0.837 bits per heavy atom. The summed E-state index contributed by atoms with van der Waals surface area (Å²) in [4.78, 5) is 4.83. The van der Waals surface area contributed by atoms with Crippen LogP contribution in [-0.4, -0.2) is 15.8 Å². The largest absolute Gasteiger partial charge is 0.309 e. The summed E-state index contributed by atoms with van der Waals surface area (Å²) in [5, 5.41) is 15.1. The Morgan fingerprint density at radius 3 is 1.22 bits per heavy atom. The van der Waals surface area contributed by atoms with Crippen molar-refractivity contribution in [2.75, 3.05) is 0 Å². The highest BCUT2D eigenvalue weighted by atomic mass is 32.2. The molecule has 3 nitrogen and oxygen atoms in total. The minimum Gasteiger partial charge on any atom is -0.309 e. The fourth-order valence-corrected chi connectivity index (χ4v) is 10.8. The monoisotopic (exact) mass is 657 g/mol. The Hall–Kier alpha value is -5.61. The van der Waals surface area contributed by atoms with Gasteiger partial charge in [0.2, 0.25) is 6.71 Å². The maximum absolute atomic E-state index is 10.1. The number of nitriles is 1. The number of para-hydroxylation sites is 4. The zero-order chi connectivity index (χ0) is 32.2. The lowest BCUT2D eigenvalue weighted by molar-refractivity contribution is 1.16. The first-order valence-corrected chi connectivity index (χ1v) is 18.1. The molecule has 0 spiro atoms. The molecule has 7 aromatic carbocycles. The van der Waals surface area contributed by atoms with Crippen molar-refractivity contribution in [2.45, 2.75) is 19.6 Å². The predicted molar refractivity (Wildman–Crippen MR) is 206 cm³/mol. The second kappa shape index (κ2) is 10.2. The summed E-state index contributed by atoms with van der Waals surface area (Å²) in [7, 11) is 0. The van der Waals surface area contributed by atoms with Crippen LogP contribution in [0.25, 0.3) is 55.0 Å². The van der Waals surface area contributed by atoms with Crippen molar-refractivity contribution in [3.63, 3.8) is 0 Å². The van der Waals surface area contributed by atoms with E-state index in [-0.39, 0.29) is 6.71 Å². The molecule has 2 aliphatic rings. The molecule has 0 bridgehead atoms. The number of aromatic nitrogens is 2. The van der Waals surface area contributed by atoms with Crippen LogP contribution in [-0.2, 0) is 0 Å². The van der Waals surface area contributed by atoms with Gasteiger partial charge in [-0.1, -0.05) is 119 Å². The van der Waals surface area contributed by atoms with Crippen molar-refractivity contribution in [2.24, 2.45) is 0 Å². The van der Waals surface area contributed by atoms with Crippen LogP contribution in [0.1, 0.15) is 5.56 Å². The fraction of sp³-hybridized carbons (Fsp3) is 0. The second-order valence-electron chi connectivity index (χ2n) is 12.8. The highest BCUT2D eigenvalue weighted by molar-refractivity contribution is 8.01. The SMILES string of the molecule is N#Cc1cc2c3c(c1)Sc1cc(-n4c5ccccc5c5ccccc54)ccc1B3c1ccc(-n3c4ccccc4c4ccccc43)cc1S2. The summed E-state index contributed by atoms with van der Waals surface area (Å²) in [6, 6.07) is 55.3. The Bertz CT molecular complexity index is 2630. The van der Waals surface area contributed by atoms with Crippen LogP contribution in [0.15, 0.2) is 165 Å².